The van der Waals surface area contributed by atoms with Crippen LogP contribution in [-0.4, -0.2) is 22.0 Å². The molecule has 2 heterocycles. The zero-order valence-electron chi connectivity index (χ0n) is 16.4. The molecule has 4 rings (SSSR count). The Hall–Kier alpha value is -3.01. The average Bonchev–Trinajstić information content (AvgIpc) is 3.37. The molecule has 0 radical (unpaired) electrons. The lowest BCUT2D eigenvalue weighted by atomic mass is 9.91. The third kappa shape index (κ3) is 4.06. The molecule has 0 aliphatic carbocycles. The quantitative estimate of drug-likeness (QED) is 0.535. The maximum absolute atomic E-state index is 14.1. The summed E-state index contributed by atoms with van der Waals surface area (Å²) >= 11 is 11.8. The maximum atomic E-state index is 14.1. The monoisotopic (exact) mass is 482 g/mol. The number of aryl methyl sites for hydroxylation is 1. The van der Waals surface area contributed by atoms with E-state index in [0.29, 0.717) is 16.7 Å². The Morgan fingerprint density at radius 1 is 1.19 bits per heavy atom. The summed E-state index contributed by atoms with van der Waals surface area (Å²) < 4.78 is 42.4. The van der Waals surface area contributed by atoms with Crippen molar-refractivity contribution in [1.82, 2.24) is 15.4 Å². The molecule has 32 heavy (non-hydrogen) atoms. The van der Waals surface area contributed by atoms with Gasteiger partial charge in [0, 0.05) is 27.4 Å². The molecule has 1 aliphatic heterocycles. The Kier molecular flexibility index (Phi) is 5.66. The summed E-state index contributed by atoms with van der Waals surface area (Å²) in [5, 5.41) is 3.99. The van der Waals surface area contributed by atoms with Crippen LogP contribution in [0.1, 0.15) is 27.0 Å². The van der Waals surface area contributed by atoms with E-state index < -0.39 is 17.7 Å². The molecule has 0 bridgehead atoms. The first-order chi connectivity index (χ1) is 15.1. The van der Waals surface area contributed by atoms with Crippen LogP contribution in [-0.2, 0) is 10.4 Å². The molecule has 0 saturated heterocycles. The van der Waals surface area contributed by atoms with Crippen molar-refractivity contribution in [2.75, 3.05) is 5.43 Å². The van der Waals surface area contributed by atoms with Gasteiger partial charge in [-0.05, 0) is 60.5 Å². The van der Waals surface area contributed by atoms with E-state index in [2.05, 4.69) is 16.0 Å². The van der Waals surface area contributed by atoms with Gasteiger partial charge in [-0.2, -0.15) is 23.1 Å². The Morgan fingerprint density at radius 3 is 2.50 bits per heavy atom. The molecule has 0 spiro atoms. The van der Waals surface area contributed by atoms with Crippen molar-refractivity contribution in [3.05, 3.63) is 93.2 Å². The van der Waals surface area contributed by atoms with E-state index in [0.717, 1.165) is 18.2 Å². The van der Waals surface area contributed by atoms with Crippen LogP contribution in [0.4, 0.5) is 13.2 Å². The number of halogens is 5. The van der Waals surface area contributed by atoms with E-state index >= 15 is 0 Å². The Balaban J connectivity index is 1.69. The van der Waals surface area contributed by atoms with Crippen molar-refractivity contribution in [2.24, 2.45) is 0 Å². The summed E-state index contributed by atoms with van der Waals surface area (Å²) in [6.45, 7) is 1.67. The highest BCUT2D eigenvalue weighted by molar-refractivity contribution is 6.34. The number of carbonyl (C=O) groups excluding carboxylic acids is 1. The second kappa shape index (κ2) is 8.16. The van der Waals surface area contributed by atoms with E-state index in [1.807, 2.05) is 0 Å². The number of benzene rings is 2. The topological polar surface area (TPSA) is 68.2 Å². The number of nitrogens with zero attached hydrogens (tertiary/aromatic N) is 2. The largest absolute Gasteiger partial charge is 0.428 e. The van der Waals surface area contributed by atoms with Crippen LogP contribution in [0.15, 0.2) is 60.9 Å². The zero-order valence-corrected chi connectivity index (χ0v) is 17.9. The summed E-state index contributed by atoms with van der Waals surface area (Å²) in [6.07, 6.45) is -0.818. The fourth-order valence-electron chi connectivity index (χ4n) is 3.34. The van der Waals surface area contributed by atoms with E-state index in [4.69, 9.17) is 28.0 Å². The van der Waals surface area contributed by atoms with Crippen LogP contribution in [0.5, 0.6) is 0 Å². The van der Waals surface area contributed by atoms with Gasteiger partial charge in [0.15, 0.2) is 0 Å². The van der Waals surface area contributed by atoms with Crippen molar-refractivity contribution in [1.29, 1.82) is 0 Å². The molecular weight excluding hydrogens is 468 g/mol. The van der Waals surface area contributed by atoms with Crippen LogP contribution < -0.4 is 10.9 Å². The van der Waals surface area contributed by atoms with Crippen molar-refractivity contribution in [3.63, 3.8) is 0 Å². The summed E-state index contributed by atoms with van der Waals surface area (Å²) in [5.41, 5.74) is 3.24. The predicted octanol–water partition coefficient (Wildman–Crippen LogP) is 5.22. The van der Waals surface area contributed by atoms with Crippen molar-refractivity contribution >= 4 is 34.8 Å². The molecule has 1 atom stereocenters. The van der Waals surface area contributed by atoms with Crippen molar-refractivity contribution in [3.8, 4) is 0 Å². The Labute approximate surface area is 190 Å². The molecule has 3 aromatic rings. The van der Waals surface area contributed by atoms with Gasteiger partial charge < -0.3 is 0 Å². The average molecular weight is 483 g/mol. The minimum atomic E-state index is -4.81. The third-order valence-corrected chi connectivity index (χ3v) is 5.32. The number of nitrogens with one attached hydrogen (secondary N) is 2. The molecule has 0 saturated carbocycles. The Bertz CT molecular complexity index is 1190. The molecule has 2 N–H and O–H groups in total. The number of rotatable bonds is 4. The first kappa shape index (κ1) is 22.2. The Morgan fingerprint density at radius 2 is 1.91 bits per heavy atom. The highest BCUT2D eigenvalue weighted by atomic mass is 35.5. The van der Waals surface area contributed by atoms with Gasteiger partial charge in [-0.1, -0.05) is 29.3 Å². The second-order valence-corrected chi connectivity index (χ2v) is 7.95. The third-order valence-electron chi connectivity index (χ3n) is 4.88. The van der Waals surface area contributed by atoms with Gasteiger partial charge in [-0.3, -0.25) is 15.1 Å². The van der Waals surface area contributed by atoms with Crippen LogP contribution >= 0.6 is 23.2 Å². The molecule has 0 fully saturated rings. The number of hydrogen-bond donors (Lipinski definition) is 2. The van der Waals surface area contributed by atoms with Gasteiger partial charge >= 0.3 is 6.18 Å². The number of alkyl halides is 3. The van der Waals surface area contributed by atoms with Crippen LogP contribution in [0.2, 0.25) is 10.0 Å². The van der Waals surface area contributed by atoms with Crippen molar-refractivity contribution in [2.45, 2.75) is 18.7 Å². The first-order valence-electron chi connectivity index (χ1n) is 9.21. The number of amides is 1. The molecule has 11 heteroatoms. The molecular formula is C21H15Cl2F3N4O2. The SMILES string of the molecule is Cc1cc(C2=CC(c3cc(Cl)cc(Cl)c3)(C(F)(F)F)ON2)ccc1C(=O)Nn1cccn1. The van der Waals surface area contributed by atoms with E-state index in [-0.39, 0.29) is 21.3 Å². The summed E-state index contributed by atoms with van der Waals surface area (Å²) in [4.78, 5) is 18.8. The van der Waals surface area contributed by atoms with E-state index in [9.17, 15) is 18.0 Å². The lowest BCUT2D eigenvalue weighted by Crippen LogP contribution is -2.42. The summed E-state index contributed by atoms with van der Waals surface area (Å²) in [6, 6.07) is 9.89. The predicted molar refractivity (Wildman–Crippen MR) is 113 cm³/mol. The summed E-state index contributed by atoms with van der Waals surface area (Å²) in [5.74, 6) is -0.416. The maximum Gasteiger partial charge on any atom is 0.428 e. The van der Waals surface area contributed by atoms with Crippen LogP contribution in [0.3, 0.4) is 0 Å². The summed E-state index contributed by atoms with van der Waals surface area (Å²) in [7, 11) is 0. The fourth-order valence-corrected chi connectivity index (χ4v) is 3.87. The lowest BCUT2D eigenvalue weighted by Gasteiger charge is -2.28. The smallest absolute Gasteiger partial charge is 0.267 e. The molecule has 6 nitrogen and oxygen atoms in total. The molecule has 2 aromatic carbocycles. The molecule has 166 valence electrons. The van der Waals surface area contributed by atoms with Crippen LogP contribution in [0.25, 0.3) is 5.70 Å². The molecule has 1 unspecified atom stereocenters. The second-order valence-electron chi connectivity index (χ2n) is 7.07. The standard InChI is InChI=1S/C21H15Cl2F3N4O2/c1-12-7-13(3-4-17(12)19(31)28-30-6-2-5-27-30)18-11-20(32-29-18,21(24,25)26)14-8-15(22)10-16(23)9-14/h2-11,29H,1H3,(H,28,31). The van der Waals surface area contributed by atoms with Gasteiger partial charge in [0.25, 0.3) is 5.91 Å². The minimum absolute atomic E-state index is 0.0463. The normalized spacial score (nSPS) is 18.2. The lowest BCUT2D eigenvalue weighted by molar-refractivity contribution is -0.269. The van der Waals surface area contributed by atoms with Gasteiger partial charge in [0.05, 0.1) is 11.9 Å². The fraction of sp³-hybridized carbons (Fsp3) is 0.143. The molecule has 1 aromatic heterocycles. The van der Waals surface area contributed by atoms with Crippen LogP contribution in [0, 0.1) is 6.92 Å². The highest BCUT2D eigenvalue weighted by Gasteiger charge is 2.59. The minimum Gasteiger partial charge on any atom is -0.267 e. The van der Waals surface area contributed by atoms with Crippen molar-refractivity contribution < 1.29 is 22.8 Å². The highest BCUT2D eigenvalue weighted by Crippen LogP contribution is 2.48. The number of hydroxylamine groups is 1. The first-order valence-corrected chi connectivity index (χ1v) is 9.97. The molecule has 1 aliphatic rings. The number of hydrogen-bond acceptors (Lipinski definition) is 4. The van der Waals surface area contributed by atoms with Gasteiger partial charge in [0.2, 0.25) is 5.60 Å². The van der Waals surface area contributed by atoms with Gasteiger partial charge in [0.1, 0.15) is 0 Å². The van der Waals surface area contributed by atoms with E-state index in [1.165, 1.54) is 29.2 Å². The molecule has 1 amide bonds. The number of aromatic nitrogens is 2. The van der Waals surface area contributed by atoms with E-state index in [1.54, 1.807) is 25.3 Å². The van der Waals surface area contributed by atoms with Gasteiger partial charge in [-0.25, -0.2) is 5.43 Å². The van der Waals surface area contributed by atoms with Gasteiger partial charge in [-0.15, -0.1) is 0 Å². The number of carbonyl (C=O) groups is 1. The zero-order chi connectivity index (χ0) is 23.1.